The Morgan fingerprint density at radius 3 is 2.43 bits per heavy atom. The molecule has 0 spiro atoms. The minimum Gasteiger partial charge on any atom is -0.444 e. The average Bonchev–Trinajstić information content (AvgIpc) is 2.78. The fraction of sp³-hybridized carbons (Fsp3) is 0.900. The SMILES string of the molecule is CC(C)(C)OC(=O)NCC1(CN)CC1. The lowest BCUT2D eigenvalue weighted by Gasteiger charge is -2.21. The molecule has 1 amide bonds. The van der Waals surface area contributed by atoms with Crippen molar-refractivity contribution in [2.75, 3.05) is 13.1 Å². The van der Waals surface area contributed by atoms with Crippen molar-refractivity contribution in [3.63, 3.8) is 0 Å². The summed E-state index contributed by atoms with van der Waals surface area (Å²) in [6.45, 7) is 6.83. The highest BCUT2D eigenvalue weighted by Crippen LogP contribution is 2.43. The van der Waals surface area contributed by atoms with Gasteiger partial charge in [-0.15, -0.1) is 0 Å². The molecule has 82 valence electrons. The number of rotatable bonds is 3. The molecule has 0 saturated heterocycles. The standard InChI is InChI=1S/C10H20N2O2/c1-9(2,3)14-8(13)12-7-10(6-11)4-5-10/h4-7,11H2,1-3H3,(H,12,13). The van der Waals surface area contributed by atoms with Crippen LogP contribution in [0.2, 0.25) is 0 Å². The maximum atomic E-state index is 11.3. The third kappa shape index (κ3) is 3.54. The molecule has 0 aliphatic heterocycles. The summed E-state index contributed by atoms with van der Waals surface area (Å²) in [7, 11) is 0. The first-order valence-electron chi connectivity index (χ1n) is 5.04. The number of ether oxygens (including phenoxy) is 1. The highest BCUT2D eigenvalue weighted by Gasteiger charge is 2.41. The van der Waals surface area contributed by atoms with Crippen molar-refractivity contribution >= 4 is 6.09 Å². The molecule has 4 heteroatoms. The van der Waals surface area contributed by atoms with E-state index in [9.17, 15) is 4.79 Å². The van der Waals surface area contributed by atoms with Gasteiger partial charge < -0.3 is 15.8 Å². The Morgan fingerprint density at radius 2 is 2.07 bits per heavy atom. The fourth-order valence-electron chi connectivity index (χ4n) is 1.20. The summed E-state index contributed by atoms with van der Waals surface area (Å²) in [6, 6.07) is 0. The molecule has 14 heavy (non-hydrogen) atoms. The normalized spacial score (nSPS) is 18.9. The van der Waals surface area contributed by atoms with E-state index < -0.39 is 5.60 Å². The van der Waals surface area contributed by atoms with E-state index >= 15 is 0 Å². The van der Waals surface area contributed by atoms with Crippen LogP contribution in [0.5, 0.6) is 0 Å². The number of nitrogens with two attached hydrogens (primary N) is 1. The molecule has 0 unspecified atom stereocenters. The maximum absolute atomic E-state index is 11.3. The summed E-state index contributed by atoms with van der Waals surface area (Å²) in [4.78, 5) is 11.3. The molecule has 1 fully saturated rings. The van der Waals surface area contributed by atoms with E-state index in [1.165, 1.54) is 0 Å². The van der Waals surface area contributed by atoms with Crippen LogP contribution in [0, 0.1) is 5.41 Å². The van der Waals surface area contributed by atoms with Gasteiger partial charge in [-0.2, -0.15) is 0 Å². The second-order valence-electron chi connectivity index (χ2n) is 5.06. The Labute approximate surface area is 85.2 Å². The molecular formula is C10H20N2O2. The summed E-state index contributed by atoms with van der Waals surface area (Å²) in [6.07, 6.45) is 1.87. The van der Waals surface area contributed by atoms with E-state index in [4.69, 9.17) is 10.5 Å². The van der Waals surface area contributed by atoms with Crippen molar-refractivity contribution in [1.29, 1.82) is 0 Å². The van der Waals surface area contributed by atoms with Gasteiger partial charge in [0.2, 0.25) is 0 Å². The Morgan fingerprint density at radius 1 is 1.50 bits per heavy atom. The molecule has 1 saturated carbocycles. The molecule has 3 N–H and O–H groups in total. The molecule has 0 bridgehead atoms. The lowest BCUT2D eigenvalue weighted by Crippen LogP contribution is -2.37. The third-order valence-electron chi connectivity index (χ3n) is 2.40. The second-order valence-corrected chi connectivity index (χ2v) is 5.06. The van der Waals surface area contributed by atoms with E-state index in [0.717, 1.165) is 12.8 Å². The molecular weight excluding hydrogens is 180 g/mol. The number of alkyl carbamates (subject to hydrolysis) is 1. The van der Waals surface area contributed by atoms with E-state index in [1.807, 2.05) is 20.8 Å². The van der Waals surface area contributed by atoms with Crippen LogP contribution in [-0.4, -0.2) is 24.8 Å². The van der Waals surface area contributed by atoms with Gasteiger partial charge in [0.15, 0.2) is 0 Å². The van der Waals surface area contributed by atoms with Crippen LogP contribution in [0.25, 0.3) is 0 Å². The van der Waals surface area contributed by atoms with E-state index in [0.29, 0.717) is 13.1 Å². The number of carbonyl (C=O) groups excluding carboxylic acids is 1. The van der Waals surface area contributed by atoms with Crippen LogP contribution in [-0.2, 0) is 4.74 Å². The summed E-state index contributed by atoms with van der Waals surface area (Å²) in [5, 5.41) is 2.75. The van der Waals surface area contributed by atoms with Crippen LogP contribution < -0.4 is 11.1 Å². The van der Waals surface area contributed by atoms with Crippen LogP contribution >= 0.6 is 0 Å². The van der Waals surface area contributed by atoms with E-state index in [2.05, 4.69) is 5.32 Å². The highest BCUT2D eigenvalue weighted by molar-refractivity contribution is 5.67. The largest absolute Gasteiger partial charge is 0.444 e. The van der Waals surface area contributed by atoms with Crippen molar-refractivity contribution in [3.05, 3.63) is 0 Å². The molecule has 0 aromatic carbocycles. The van der Waals surface area contributed by atoms with Crippen molar-refractivity contribution < 1.29 is 9.53 Å². The predicted molar refractivity (Wildman–Crippen MR) is 55.0 cm³/mol. The zero-order chi connectivity index (χ0) is 10.8. The fourth-order valence-corrected chi connectivity index (χ4v) is 1.20. The minimum absolute atomic E-state index is 0.164. The quantitative estimate of drug-likeness (QED) is 0.720. The predicted octanol–water partition coefficient (Wildman–Crippen LogP) is 1.25. The zero-order valence-electron chi connectivity index (χ0n) is 9.22. The Balaban J connectivity index is 2.22. The Bertz CT molecular complexity index is 217. The van der Waals surface area contributed by atoms with Gasteiger partial charge in [0.25, 0.3) is 0 Å². The average molecular weight is 200 g/mol. The first-order chi connectivity index (χ1) is 6.37. The van der Waals surface area contributed by atoms with Gasteiger partial charge in [0.05, 0.1) is 0 Å². The van der Waals surface area contributed by atoms with Gasteiger partial charge >= 0.3 is 6.09 Å². The summed E-state index contributed by atoms with van der Waals surface area (Å²) in [5.41, 5.74) is 5.33. The van der Waals surface area contributed by atoms with E-state index in [-0.39, 0.29) is 11.5 Å². The maximum Gasteiger partial charge on any atom is 0.407 e. The van der Waals surface area contributed by atoms with Gasteiger partial charge in [0, 0.05) is 12.0 Å². The summed E-state index contributed by atoms with van der Waals surface area (Å²) in [5.74, 6) is 0. The summed E-state index contributed by atoms with van der Waals surface area (Å²) >= 11 is 0. The van der Waals surface area contributed by atoms with Crippen molar-refractivity contribution in [2.45, 2.75) is 39.2 Å². The molecule has 0 heterocycles. The molecule has 0 radical (unpaired) electrons. The lowest BCUT2D eigenvalue weighted by atomic mass is 10.1. The molecule has 0 aromatic heterocycles. The Hall–Kier alpha value is -0.770. The Kier molecular flexibility index (Phi) is 3.04. The second kappa shape index (κ2) is 3.77. The summed E-state index contributed by atoms with van der Waals surface area (Å²) < 4.78 is 5.11. The van der Waals surface area contributed by atoms with Crippen molar-refractivity contribution in [1.82, 2.24) is 5.32 Å². The van der Waals surface area contributed by atoms with Gasteiger partial charge in [-0.1, -0.05) is 0 Å². The van der Waals surface area contributed by atoms with Crippen LogP contribution in [0.1, 0.15) is 33.6 Å². The number of nitrogens with one attached hydrogen (secondary N) is 1. The van der Waals surface area contributed by atoms with Crippen LogP contribution in [0.15, 0.2) is 0 Å². The molecule has 1 rings (SSSR count). The van der Waals surface area contributed by atoms with Crippen LogP contribution in [0.4, 0.5) is 4.79 Å². The first kappa shape index (κ1) is 11.3. The van der Waals surface area contributed by atoms with Gasteiger partial charge in [0.1, 0.15) is 5.60 Å². The lowest BCUT2D eigenvalue weighted by molar-refractivity contribution is 0.0517. The number of hydrogen-bond donors (Lipinski definition) is 2. The zero-order valence-corrected chi connectivity index (χ0v) is 9.22. The number of carbonyl (C=O) groups is 1. The molecule has 1 aliphatic carbocycles. The smallest absolute Gasteiger partial charge is 0.407 e. The first-order valence-corrected chi connectivity index (χ1v) is 5.04. The molecule has 1 aliphatic rings. The monoisotopic (exact) mass is 200 g/mol. The van der Waals surface area contributed by atoms with Gasteiger partial charge in [-0.3, -0.25) is 0 Å². The van der Waals surface area contributed by atoms with Gasteiger partial charge in [-0.25, -0.2) is 4.79 Å². The number of hydrogen-bond acceptors (Lipinski definition) is 3. The van der Waals surface area contributed by atoms with E-state index in [1.54, 1.807) is 0 Å². The number of amides is 1. The van der Waals surface area contributed by atoms with Crippen LogP contribution in [0.3, 0.4) is 0 Å². The van der Waals surface area contributed by atoms with Crippen molar-refractivity contribution in [3.8, 4) is 0 Å². The van der Waals surface area contributed by atoms with Crippen molar-refractivity contribution in [2.24, 2.45) is 11.1 Å². The molecule has 0 aromatic rings. The third-order valence-corrected chi connectivity index (χ3v) is 2.40. The highest BCUT2D eigenvalue weighted by atomic mass is 16.6. The van der Waals surface area contributed by atoms with Gasteiger partial charge in [-0.05, 0) is 40.2 Å². The minimum atomic E-state index is -0.427. The molecule has 0 atom stereocenters. The molecule has 4 nitrogen and oxygen atoms in total. The topological polar surface area (TPSA) is 64.3 Å².